The van der Waals surface area contributed by atoms with Crippen molar-refractivity contribution >= 4 is 0 Å². The molecule has 1 aliphatic carbocycles. The van der Waals surface area contributed by atoms with Crippen molar-refractivity contribution in [1.82, 2.24) is 0 Å². The Morgan fingerprint density at radius 3 is 2.53 bits per heavy atom. The maximum Gasteiger partial charge on any atom is 0.143 e. The molecule has 2 rings (SSSR count). The first-order chi connectivity index (χ1) is 7.12. The molecule has 2 N–H and O–H groups in total. The molecule has 3 heteroatoms. The Morgan fingerprint density at radius 2 is 1.93 bits per heavy atom. The molecule has 0 amide bonds. The first-order valence-electron chi connectivity index (χ1n) is 5.30. The van der Waals surface area contributed by atoms with E-state index in [1.807, 2.05) is 0 Å². The lowest BCUT2D eigenvalue weighted by Crippen LogP contribution is -2.41. The summed E-state index contributed by atoms with van der Waals surface area (Å²) in [6, 6.07) is 5.67. The zero-order valence-corrected chi connectivity index (χ0v) is 8.55. The van der Waals surface area contributed by atoms with Gasteiger partial charge in [-0.1, -0.05) is 25.0 Å². The molecule has 0 heterocycles. The van der Waals surface area contributed by atoms with E-state index in [0.29, 0.717) is 18.4 Å². The van der Waals surface area contributed by atoms with Crippen LogP contribution in [0.4, 0.5) is 8.78 Å². The number of nitrogens with two attached hydrogens (primary N) is 1. The van der Waals surface area contributed by atoms with Crippen LogP contribution in [0.5, 0.6) is 0 Å². The lowest BCUT2D eigenvalue weighted by molar-refractivity contribution is 0.194. The third-order valence-electron chi connectivity index (χ3n) is 3.18. The summed E-state index contributed by atoms with van der Waals surface area (Å²) in [6.45, 7) is 0. The minimum atomic E-state index is -1.25. The van der Waals surface area contributed by atoms with E-state index in [0.717, 1.165) is 12.8 Å². The molecule has 1 aromatic carbocycles. The van der Waals surface area contributed by atoms with Gasteiger partial charge in [0, 0.05) is 0 Å². The largest absolute Gasteiger partial charge is 0.322 e. The van der Waals surface area contributed by atoms with Crippen molar-refractivity contribution in [2.45, 2.75) is 37.4 Å². The smallest absolute Gasteiger partial charge is 0.143 e. The quantitative estimate of drug-likeness (QED) is 0.799. The normalized spacial score (nSPS) is 21.5. The van der Waals surface area contributed by atoms with Gasteiger partial charge in [0.2, 0.25) is 0 Å². The summed E-state index contributed by atoms with van der Waals surface area (Å²) in [5.41, 5.74) is 5.56. The van der Waals surface area contributed by atoms with Crippen molar-refractivity contribution in [1.29, 1.82) is 0 Å². The van der Waals surface area contributed by atoms with E-state index >= 15 is 0 Å². The number of benzene rings is 1. The van der Waals surface area contributed by atoms with Crippen LogP contribution in [0, 0.1) is 5.82 Å². The molecular formula is C12H15F2N. The van der Waals surface area contributed by atoms with Gasteiger partial charge in [-0.25, -0.2) is 8.78 Å². The Bertz CT molecular complexity index is 345. The highest BCUT2D eigenvalue weighted by molar-refractivity contribution is 5.23. The highest BCUT2D eigenvalue weighted by atomic mass is 19.1. The second-order valence-corrected chi connectivity index (χ2v) is 4.36. The van der Waals surface area contributed by atoms with E-state index in [-0.39, 0.29) is 0 Å². The summed E-state index contributed by atoms with van der Waals surface area (Å²) in [5.74, 6) is -0.406. The molecule has 0 radical (unpaired) electrons. The van der Waals surface area contributed by atoms with Gasteiger partial charge in [0.05, 0.1) is 5.54 Å². The number of hydrogen-bond donors (Lipinski definition) is 1. The summed E-state index contributed by atoms with van der Waals surface area (Å²) < 4.78 is 27.0. The van der Waals surface area contributed by atoms with E-state index in [4.69, 9.17) is 5.73 Å². The van der Waals surface area contributed by atoms with Gasteiger partial charge in [-0.2, -0.15) is 0 Å². The third-order valence-corrected chi connectivity index (χ3v) is 3.18. The molecule has 1 aliphatic rings. The topological polar surface area (TPSA) is 26.0 Å². The molecule has 1 aromatic rings. The number of rotatable bonds is 2. The highest BCUT2D eigenvalue weighted by Crippen LogP contribution is 2.40. The molecule has 1 unspecified atom stereocenters. The molecule has 0 spiro atoms. The van der Waals surface area contributed by atoms with E-state index in [1.54, 1.807) is 6.07 Å². The van der Waals surface area contributed by atoms with E-state index in [1.165, 1.54) is 18.2 Å². The molecule has 0 bridgehead atoms. The van der Waals surface area contributed by atoms with Gasteiger partial charge in [0.15, 0.2) is 0 Å². The van der Waals surface area contributed by atoms with Crippen LogP contribution in [0.3, 0.4) is 0 Å². The minimum absolute atomic E-state index is 0.361. The first-order valence-corrected chi connectivity index (χ1v) is 5.30. The second-order valence-electron chi connectivity index (χ2n) is 4.36. The number of halogens is 2. The number of hydrogen-bond acceptors (Lipinski definition) is 1. The summed E-state index contributed by atoms with van der Waals surface area (Å²) in [6.07, 6.45) is 2.05. The van der Waals surface area contributed by atoms with Crippen molar-refractivity contribution in [2.24, 2.45) is 5.73 Å². The fourth-order valence-corrected chi connectivity index (χ4v) is 2.28. The van der Waals surface area contributed by atoms with Gasteiger partial charge in [0.25, 0.3) is 0 Å². The van der Waals surface area contributed by atoms with Crippen molar-refractivity contribution in [3.63, 3.8) is 0 Å². The Morgan fingerprint density at radius 1 is 1.27 bits per heavy atom. The third kappa shape index (κ3) is 2.02. The maximum absolute atomic E-state index is 14.1. The molecule has 15 heavy (non-hydrogen) atoms. The highest BCUT2D eigenvalue weighted by Gasteiger charge is 2.38. The second kappa shape index (κ2) is 3.89. The zero-order valence-electron chi connectivity index (χ0n) is 8.55. The monoisotopic (exact) mass is 211 g/mol. The Kier molecular flexibility index (Phi) is 2.74. The molecule has 0 aromatic heterocycles. The van der Waals surface area contributed by atoms with Crippen molar-refractivity contribution in [3.8, 4) is 0 Å². The maximum atomic E-state index is 14.1. The van der Waals surface area contributed by atoms with Gasteiger partial charge < -0.3 is 5.73 Å². The van der Waals surface area contributed by atoms with Crippen LogP contribution in [0.2, 0.25) is 0 Å². The first kappa shape index (κ1) is 10.6. The van der Waals surface area contributed by atoms with Gasteiger partial charge in [-0.15, -0.1) is 0 Å². The summed E-state index contributed by atoms with van der Waals surface area (Å²) in [7, 11) is 0. The van der Waals surface area contributed by atoms with E-state index < -0.39 is 17.5 Å². The summed E-state index contributed by atoms with van der Waals surface area (Å²) in [4.78, 5) is 0. The van der Waals surface area contributed by atoms with Gasteiger partial charge in [-0.3, -0.25) is 0 Å². The minimum Gasteiger partial charge on any atom is -0.322 e. The Balaban J connectivity index is 2.23. The number of alkyl halides is 1. The van der Waals surface area contributed by atoms with Crippen LogP contribution in [0.25, 0.3) is 0 Å². The van der Waals surface area contributed by atoms with Gasteiger partial charge >= 0.3 is 0 Å². The predicted molar refractivity (Wildman–Crippen MR) is 55.6 cm³/mol. The lowest BCUT2D eigenvalue weighted by atomic mass is 9.88. The molecule has 1 nitrogen and oxygen atoms in total. The van der Waals surface area contributed by atoms with Crippen LogP contribution in [-0.4, -0.2) is 5.54 Å². The van der Waals surface area contributed by atoms with Crippen LogP contribution in [0.1, 0.15) is 37.4 Å². The van der Waals surface area contributed by atoms with Crippen molar-refractivity contribution < 1.29 is 8.78 Å². The Hall–Kier alpha value is -0.960. The van der Waals surface area contributed by atoms with Gasteiger partial charge in [-0.05, 0) is 30.5 Å². The standard InChI is InChI=1S/C12H15F2N/c13-10-5-3-4-9(8-10)11(14)12(15)6-1-2-7-12/h3-5,8,11H,1-2,6-7,15H2. The fraction of sp³-hybridized carbons (Fsp3) is 0.500. The molecule has 1 fully saturated rings. The summed E-state index contributed by atoms with van der Waals surface area (Å²) in [5, 5.41) is 0. The molecule has 0 aliphatic heterocycles. The van der Waals surface area contributed by atoms with Crippen molar-refractivity contribution in [2.75, 3.05) is 0 Å². The molecule has 1 saturated carbocycles. The fourth-order valence-electron chi connectivity index (χ4n) is 2.28. The summed E-state index contributed by atoms with van der Waals surface area (Å²) >= 11 is 0. The molecule has 82 valence electrons. The van der Waals surface area contributed by atoms with E-state index in [9.17, 15) is 8.78 Å². The molecular weight excluding hydrogens is 196 g/mol. The average Bonchev–Trinajstić information content (AvgIpc) is 2.65. The molecule has 0 saturated heterocycles. The average molecular weight is 211 g/mol. The zero-order chi connectivity index (χ0) is 10.9. The van der Waals surface area contributed by atoms with Crippen molar-refractivity contribution in [3.05, 3.63) is 35.6 Å². The Labute approximate surface area is 88.3 Å². The van der Waals surface area contributed by atoms with Crippen LogP contribution in [-0.2, 0) is 0 Å². The van der Waals surface area contributed by atoms with E-state index in [2.05, 4.69) is 0 Å². The van der Waals surface area contributed by atoms with Crippen LogP contribution >= 0.6 is 0 Å². The van der Waals surface area contributed by atoms with Crippen LogP contribution in [0.15, 0.2) is 24.3 Å². The SMILES string of the molecule is NC1(C(F)c2cccc(F)c2)CCCC1. The molecule has 1 atom stereocenters. The van der Waals surface area contributed by atoms with Gasteiger partial charge in [0.1, 0.15) is 12.0 Å². The predicted octanol–water partition coefficient (Wildman–Crippen LogP) is 3.11. The lowest BCUT2D eigenvalue weighted by Gasteiger charge is -2.28. The van der Waals surface area contributed by atoms with Crippen LogP contribution < -0.4 is 5.73 Å².